The lowest BCUT2D eigenvalue weighted by Gasteiger charge is -2.21. The minimum Gasteiger partial charge on any atom is -0.495 e. The Morgan fingerprint density at radius 2 is 1.81 bits per heavy atom. The maximum Gasteiger partial charge on any atom is 0.255 e. The summed E-state index contributed by atoms with van der Waals surface area (Å²) in [6.45, 7) is 7.11. The quantitative estimate of drug-likeness (QED) is 0.874. The van der Waals surface area contributed by atoms with Crippen LogP contribution in [0.5, 0.6) is 5.75 Å². The zero-order valence-electron chi connectivity index (χ0n) is 16.3. The fraction of sp³-hybridized carbons (Fsp3) is 0.364. The van der Waals surface area contributed by atoms with Crippen molar-refractivity contribution < 1.29 is 14.3 Å². The summed E-state index contributed by atoms with van der Waals surface area (Å²) in [5.74, 6) is 0.547. The molecule has 1 fully saturated rings. The largest absolute Gasteiger partial charge is 0.495 e. The highest BCUT2D eigenvalue weighted by Gasteiger charge is 2.22. The molecule has 1 N–H and O–H groups in total. The first kappa shape index (κ1) is 19.0. The molecule has 1 aliphatic rings. The smallest absolute Gasteiger partial charge is 0.255 e. The fourth-order valence-electron chi connectivity index (χ4n) is 3.18. The second kappa shape index (κ2) is 7.43. The summed E-state index contributed by atoms with van der Waals surface area (Å²) in [6, 6.07) is 13.0. The topological polar surface area (TPSA) is 58.6 Å². The normalized spacial score (nSPS) is 14.4. The van der Waals surface area contributed by atoms with Crippen molar-refractivity contribution in [2.24, 2.45) is 0 Å². The van der Waals surface area contributed by atoms with E-state index in [4.69, 9.17) is 4.74 Å². The van der Waals surface area contributed by atoms with E-state index in [1.807, 2.05) is 30.3 Å². The summed E-state index contributed by atoms with van der Waals surface area (Å²) in [7, 11) is 1.59. The first-order valence-corrected chi connectivity index (χ1v) is 9.20. The Morgan fingerprint density at radius 3 is 2.37 bits per heavy atom. The van der Waals surface area contributed by atoms with Crippen LogP contribution >= 0.6 is 0 Å². The number of carbonyl (C=O) groups excluding carboxylic acids is 2. The number of hydrogen-bond acceptors (Lipinski definition) is 3. The summed E-state index contributed by atoms with van der Waals surface area (Å²) in [6.07, 6.45) is 1.47. The van der Waals surface area contributed by atoms with Gasteiger partial charge in [-0.15, -0.1) is 0 Å². The molecule has 1 heterocycles. The monoisotopic (exact) mass is 366 g/mol. The van der Waals surface area contributed by atoms with E-state index in [0.29, 0.717) is 23.4 Å². The summed E-state index contributed by atoms with van der Waals surface area (Å²) in [5, 5.41) is 2.94. The average Bonchev–Trinajstić information content (AvgIpc) is 3.07. The molecule has 5 nitrogen and oxygen atoms in total. The fourth-order valence-corrected chi connectivity index (χ4v) is 3.18. The predicted molar refractivity (Wildman–Crippen MR) is 108 cm³/mol. The molecule has 0 aliphatic carbocycles. The first-order chi connectivity index (χ1) is 12.8. The predicted octanol–water partition coefficient (Wildman–Crippen LogP) is 4.37. The SMILES string of the molecule is COc1ccc(C(C)(C)C)cc1NC(=O)c1ccc(N2CCCC2=O)cc1. The number of rotatable bonds is 4. The molecule has 0 saturated carbocycles. The Labute approximate surface area is 160 Å². The summed E-state index contributed by atoms with van der Waals surface area (Å²) >= 11 is 0. The van der Waals surface area contributed by atoms with Crippen LogP contribution in [-0.2, 0) is 10.2 Å². The third-order valence-corrected chi connectivity index (χ3v) is 4.83. The second-order valence-corrected chi connectivity index (χ2v) is 7.81. The molecule has 0 spiro atoms. The number of carbonyl (C=O) groups is 2. The maximum atomic E-state index is 12.7. The highest BCUT2D eigenvalue weighted by atomic mass is 16.5. The van der Waals surface area contributed by atoms with Crippen LogP contribution in [0, 0.1) is 0 Å². The Balaban J connectivity index is 1.80. The molecule has 2 aromatic carbocycles. The van der Waals surface area contributed by atoms with Gasteiger partial charge in [0.2, 0.25) is 5.91 Å². The maximum absolute atomic E-state index is 12.7. The summed E-state index contributed by atoms with van der Waals surface area (Å²) in [4.78, 5) is 26.3. The molecule has 2 amide bonds. The molecule has 0 atom stereocenters. The van der Waals surface area contributed by atoms with Crippen molar-refractivity contribution in [3.05, 3.63) is 53.6 Å². The van der Waals surface area contributed by atoms with Crippen molar-refractivity contribution in [2.75, 3.05) is 23.9 Å². The molecule has 1 saturated heterocycles. The van der Waals surface area contributed by atoms with Gasteiger partial charge in [-0.1, -0.05) is 26.8 Å². The van der Waals surface area contributed by atoms with Crippen LogP contribution in [0.1, 0.15) is 49.5 Å². The van der Waals surface area contributed by atoms with Gasteiger partial charge in [-0.05, 0) is 53.8 Å². The Kier molecular flexibility index (Phi) is 5.22. The number of nitrogens with one attached hydrogen (secondary N) is 1. The van der Waals surface area contributed by atoms with Gasteiger partial charge in [0.15, 0.2) is 0 Å². The van der Waals surface area contributed by atoms with E-state index in [2.05, 4.69) is 26.1 Å². The highest BCUT2D eigenvalue weighted by molar-refractivity contribution is 6.05. The van der Waals surface area contributed by atoms with Crippen molar-refractivity contribution in [3.8, 4) is 5.75 Å². The standard InChI is InChI=1S/C22H26N2O3/c1-22(2,3)16-9-12-19(27-4)18(14-16)23-21(26)15-7-10-17(11-8-15)24-13-5-6-20(24)25/h7-12,14H,5-6,13H2,1-4H3,(H,23,26). The zero-order valence-corrected chi connectivity index (χ0v) is 16.3. The Morgan fingerprint density at radius 1 is 1.11 bits per heavy atom. The number of amides is 2. The lowest BCUT2D eigenvalue weighted by Crippen LogP contribution is -2.23. The lowest BCUT2D eigenvalue weighted by molar-refractivity contribution is -0.117. The molecule has 0 bridgehead atoms. The van der Waals surface area contributed by atoms with E-state index in [1.165, 1.54) is 0 Å². The minimum atomic E-state index is -0.210. The lowest BCUT2D eigenvalue weighted by atomic mass is 9.87. The van der Waals surface area contributed by atoms with Crippen molar-refractivity contribution in [1.82, 2.24) is 0 Å². The Hall–Kier alpha value is -2.82. The third-order valence-electron chi connectivity index (χ3n) is 4.83. The molecule has 142 valence electrons. The molecule has 0 unspecified atom stereocenters. The van der Waals surface area contributed by atoms with Gasteiger partial charge < -0.3 is 15.0 Å². The van der Waals surface area contributed by atoms with Crippen molar-refractivity contribution >= 4 is 23.2 Å². The molecule has 1 aliphatic heterocycles. The third kappa shape index (κ3) is 4.13. The van der Waals surface area contributed by atoms with Gasteiger partial charge in [0.25, 0.3) is 5.91 Å². The highest BCUT2D eigenvalue weighted by Crippen LogP contribution is 2.32. The number of anilines is 2. The summed E-state index contributed by atoms with van der Waals surface area (Å²) in [5.41, 5.74) is 3.10. The number of methoxy groups -OCH3 is 1. The number of nitrogens with zero attached hydrogens (tertiary/aromatic N) is 1. The van der Waals surface area contributed by atoms with Gasteiger partial charge in [0, 0.05) is 24.2 Å². The van der Waals surface area contributed by atoms with Gasteiger partial charge >= 0.3 is 0 Å². The zero-order chi connectivity index (χ0) is 19.6. The van der Waals surface area contributed by atoms with Crippen LogP contribution in [0.25, 0.3) is 0 Å². The van der Waals surface area contributed by atoms with Crippen LogP contribution in [0.3, 0.4) is 0 Å². The van der Waals surface area contributed by atoms with Crippen molar-refractivity contribution in [1.29, 1.82) is 0 Å². The molecule has 0 radical (unpaired) electrons. The van der Waals surface area contributed by atoms with Crippen LogP contribution in [0.2, 0.25) is 0 Å². The van der Waals surface area contributed by atoms with Crippen LogP contribution < -0.4 is 15.0 Å². The summed E-state index contributed by atoms with van der Waals surface area (Å²) < 4.78 is 5.39. The van der Waals surface area contributed by atoms with E-state index in [-0.39, 0.29) is 17.2 Å². The van der Waals surface area contributed by atoms with Gasteiger partial charge in [-0.3, -0.25) is 9.59 Å². The van der Waals surface area contributed by atoms with Gasteiger partial charge in [0.1, 0.15) is 5.75 Å². The molecule has 27 heavy (non-hydrogen) atoms. The van der Waals surface area contributed by atoms with Gasteiger partial charge in [0.05, 0.1) is 12.8 Å². The molecular formula is C22H26N2O3. The van der Waals surface area contributed by atoms with Gasteiger partial charge in [-0.25, -0.2) is 0 Å². The molecule has 2 aromatic rings. The first-order valence-electron chi connectivity index (χ1n) is 9.20. The van der Waals surface area contributed by atoms with Crippen LogP contribution in [0.4, 0.5) is 11.4 Å². The van der Waals surface area contributed by atoms with E-state index < -0.39 is 0 Å². The minimum absolute atomic E-state index is 0.0321. The molecule has 0 aromatic heterocycles. The Bertz CT molecular complexity index is 851. The van der Waals surface area contributed by atoms with Crippen LogP contribution in [0.15, 0.2) is 42.5 Å². The molecular weight excluding hydrogens is 340 g/mol. The number of benzene rings is 2. The molecule has 3 rings (SSSR count). The van der Waals surface area contributed by atoms with E-state index in [1.54, 1.807) is 24.1 Å². The van der Waals surface area contributed by atoms with Crippen molar-refractivity contribution in [2.45, 2.75) is 39.0 Å². The second-order valence-electron chi connectivity index (χ2n) is 7.81. The number of ether oxygens (including phenoxy) is 1. The van der Waals surface area contributed by atoms with E-state index in [0.717, 1.165) is 24.2 Å². The average molecular weight is 366 g/mol. The van der Waals surface area contributed by atoms with E-state index in [9.17, 15) is 9.59 Å². The molecule has 5 heteroatoms. The van der Waals surface area contributed by atoms with Gasteiger partial charge in [-0.2, -0.15) is 0 Å². The van der Waals surface area contributed by atoms with Crippen molar-refractivity contribution in [3.63, 3.8) is 0 Å². The van der Waals surface area contributed by atoms with Crippen LogP contribution in [-0.4, -0.2) is 25.5 Å². The number of hydrogen-bond donors (Lipinski definition) is 1. The van der Waals surface area contributed by atoms with E-state index >= 15 is 0 Å².